The highest BCUT2D eigenvalue weighted by atomic mass is 19.4. The van der Waals surface area contributed by atoms with Gasteiger partial charge in [0.05, 0.1) is 12.1 Å². The van der Waals surface area contributed by atoms with Gasteiger partial charge in [-0.3, -0.25) is 9.59 Å². The van der Waals surface area contributed by atoms with E-state index in [1.165, 1.54) is 11.2 Å². The summed E-state index contributed by atoms with van der Waals surface area (Å²) in [4.78, 5) is 25.4. The number of nitrogens with zero attached hydrogens (tertiary/aromatic N) is 4. The van der Waals surface area contributed by atoms with Gasteiger partial charge in [0.25, 0.3) is 5.91 Å². The molecule has 0 saturated heterocycles. The van der Waals surface area contributed by atoms with Gasteiger partial charge in [-0.15, -0.1) is 10.2 Å². The van der Waals surface area contributed by atoms with E-state index in [0.717, 1.165) is 12.1 Å². The summed E-state index contributed by atoms with van der Waals surface area (Å²) < 4.78 is 70.7. The maximum Gasteiger partial charge on any atom is 0.416 e. The largest absolute Gasteiger partial charge is 0.416 e. The molecule has 3 aromatic rings. The van der Waals surface area contributed by atoms with Crippen molar-refractivity contribution >= 4 is 17.9 Å². The van der Waals surface area contributed by atoms with Gasteiger partial charge in [0.15, 0.2) is 0 Å². The minimum absolute atomic E-state index is 0.192. The highest BCUT2D eigenvalue weighted by Gasteiger charge is 2.57. The zero-order valence-corrected chi connectivity index (χ0v) is 18.4. The second-order valence-corrected chi connectivity index (χ2v) is 9.18. The van der Waals surface area contributed by atoms with Gasteiger partial charge in [0.2, 0.25) is 5.92 Å². The number of anilines is 1. The molecular formula is C24H19F5N4O2. The number of fused-ring (bicyclic) bond motifs is 1. The van der Waals surface area contributed by atoms with Crippen LogP contribution in [0.25, 0.3) is 0 Å². The summed E-state index contributed by atoms with van der Waals surface area (Å²) in [5, 5.41) is 7.82. The van der Waals surface area contributed by atoms with E-state index >= 15 is 0 Å². The fraction of sp³-hybridized carbons (Fsp3) is 0.333. The first-order chi connectivity index (χ1) is 16.4. The maximum atomic E-state index is 14.1. The fourth-order valence-corrected chi connectivity index (χ4v) is 5.10. The van der Waals surface area contributed by atoms with Crippen molar-refractivity contribution in [1.82, 2.24) is 14.8 Å². The Morgan fingerprint density at radius 1 is 1.14 bits per heavy atom. The van der Waals surface area contributed by atoms with Crippen molar-refractivity contribution in [2.75, 3.05) is 4.90 Å². The SMILES string of the molecule is Cn1cnnc1CC1(c2cccc(N3Cc4c(cc(C=O)cc4C(F)(F)F)C3=O)c2)CC(F)(F)C1. The van der Waals surface area contributed by atoms with E-state index in [1.54, 1.807) is 35.9 Å². The lowest BCUT2D eigenvalue weighted by Gasteiger charge is -2.48. The summed E-state index contributed by atoms with van der Waals surface area (Å²) in [6.07, 6.45) is -3.67. The van der Waals surface area contributed by atoms with Gasteiger partial charge < -0.3 is 9.47 Å². The number of halogens is 5. The molecule has 2 aromatic carbocycles. The molecule has 0 N–H and O–H groups in total. The molecule has 0 bridgehead atoms. The minimum Gasteiger partial charge on any atom is -0.321 e. The Morgan fingerprint density at radius 3 is 2.49 bits per heavy atom. The lowest BCUT2D eigenvalue weighted by atomic mass is 9.60. The number of aryl methyl sites for hydroxylation is 1. The monoisotopic (exact) mass is 490 g/mol. The van der Waals surface area contributed by atoms with Crippen LogP contribution in [0, 0.1) is 0 Å². The number of hydrogen-bond donors (Lipinski definition) is 0. The Bertz CT molecular complexity index is 1340. The van der Waals surface area contributed by atoms with E-state index in [-0.39, 0.29) is 41.6 Å². The Hall–Kier alpha value is -3.63. The molecule has 2 aliphatic rings. The number of aldehydes is 1. The number of carbonyl (C=O) groups is 2. The molecule has 1 aliphatic heterocycles. The molecule has 182 valence electrons. The molecule has 0 radical (unpaired) electrons. The summed E-state index contributed by atoms with van der Waals surface area (Å²) in [5.41, 5.74) is -1.84. The van der Waals surface area contributed by atoms with E-state index in [0.29, 0.717) is 11.4 Å². The minimum atomic E-state index is -4.75. The predicted molar refractivity (Wildman–Crippen MR) is 114 cm³/mol. The van der Waals surface area contributed by atoms with Crippen LogP contribution in [-0.2, 0) is 31.6 Å². The van der Waals surface area contributed by atoms with Gasteiger partial charge in [-0.25, -0.2) is 8.78 Å². The standard InChI is InChI=1S/C24H19F5N4O2/c1-32-13-30-31-20(32)8-22(11-23(25,26)12-22)15-3-2-4-16(7-15)33-9-18-17(21(33)35)5-14(10-34)6-19(18)24(27,28)29/h2-7,10,13H,8-9,11-12H2,1H3. The molecule has 11 heteroatoms. The van der Waals surface area contributed by atoms with Crippen LogP contribution >= 0.6 is 0 Å². The lowest BCUT2D eigenvalue weighted by molar-refractivity contribution is -0.138. The zero-order valence-electron chi connectivity index (χ0n) is 18.4. The molecule has 5 rings (SSSR count). The van der Waals surface area contributed by atoms with Crippen LogP contribution in [0.1, 0.15) is 56.1 Å². The van der Waals surface area contributed by atoms with Gasteiger partial charge in [-0.2, -0.15) is 13.2 Å². The van der Waals surface area contributed by atoms with E-state index in [1.807, 2.05) is 0 Å². The third-order valence-electron chi connectivity index (χ3n) is 6.77. The van der Waals surface area contributed by atoms with Crippen LogP contribution in [-0.4, -0.2) is 32.9 Å². The summed E-state index contributed by atoms with van der Waals surface area (Å²) in [6, 6.07) is 8.26. The fourth-order valence-electron chi connectivity index (χ4n) is 5.10. The second kappa shape index (κ2) is 7.69. The van der Waals surface area contributed by atoms with Crippen molar-refractivity contribution in [1.29, 1.82) is 0 Å². The topological polar surface area (TPSA) is 68.1 Å². The van der Waals surface area contributed by atoms with Gasteiger partial charge in [0, 0.05) is 48.5 Å². The Morgan fingerprint density at radius 2 is 1.89 bits per heavy atom. The zero-order chi connectivity index (χ0) is 25.2. The molecule has 1 aliphatic carbocycles. The Balaban J connectivity index is 1.53. The first kappa shape index (κ1) is 23.1. The summed E-state index contributed by atoms with van der Waals surface area (Å²) in [5.74, 6) is -3.03. The van der Waals surface area contributed by atoms with Crippen molar-refractivity contribution in [3.8, 4) is 0 Å². The molecule has 1 amide bonds. The summed E-state index contributed by atoms with van der Waals surface area (Å²) in [6.45, 7) is -0.349. The first-order valence-corrected chi connectivity index (χ1v) is 10.7. The quantitative estimate of drug-likeness (QED) is 0.384. The number of benzene rings is 2. The van der Waals surface area contributed by atoms with Crippen LogP contribution in [0.4, 0.5) is 27.6 Å². The highest BCUT2D eigenvalue weighted by molar-refractivity contribution is 6.11. The van der Waals surface area contributed by atoms with E-state index < -0.39 is 41.8 Å². The van der Waals surface area contributed by atoms with Gasteiger partial charge in [0.1, 0.15) is 18.4 Å². The van der Waals surface area contributed by atoms with Crippen molar-refractivity contribution < 1.29 is 31.5 Å². The van der Waals surface area contributed by atoms with Crippen LogP contribution in [0.3, 0.4) is 0 Å². The number of carbonyl (C=O) groups excluding carboxylic acids is 2. The summed E-state index contributed by atoms with van der Waals surface area (Å²) >= 11 is 0. The van der Waals surface area contributed by atoms with E-state index in [9.17, 15) is 31.5 Å². The number of amides is 1. The van der Waals surface area contributed by atoms with Crippen molar-refractivity contribution in [2.24, 2.45) is 7.05 Å². The van der Waals surface area contributed by atoms with Crippen LogP contribution in [0.2, 0.25) is 0 Å². The third-order valence-corrected chi connectivity index (χ3v) is 6.77. The molecule has 35 heavy (non-hydrogen) atoms. The van der Waals surface area contributed by atoms with Crippen LogP contribution in [0.5, 0.6) is 0 Å². The molecule has 0 atom stereocenters. The molecule has 1 aromatic heterocycles. The van der Waals surface area contributed by atoms with Crippen molar-refractivity contribution in [3.05, 3.63) is 76.4 Å². The number of hydrogen-bond acceptors (Lipinski definition) is 4. The van der Waals surface area contributed by atoms with Crippen LogP contribution < -0.4 is 4.90 Å². The molecule has 2 heterocycles. The van der Waals surface area contributed by atoms with E-state index in [2.05, 4.69) is 10.2 Å². The third kappa shape index (κ3) is 3.88. The van der Waals surface area contributed by atoms with Crippen molar-refractivity contribution in [2.45, 2.75) is 43.3 Å². The lowest BCUT2D eigenvalue weighted by Crippen LogP contribution is -2.51. The molecule has 1 saturated carbocycles. The molecule has 1 fully saturated rings. The first-order valence-electron chi connectivity index (χ1n) is 10.7. The Labute approximate surface area is 196 Å². The Kier molecular flexibility index (Phi) is 5.08. The highest BCUT2D eigenvalue weighted by Crippen LogP contribution is 2.55. The predicted octanol–water partition coefficient (Wildman–Crippen LogP) is 4.72. The average Bonchev–Trinajstić information content (AvgIpc) is 3.33. The van der Waals surface area contributed by atoms with Gasteiger partial charge in [-0.05, 0) is 35.4 Å². The molecular weight excluding hydrogens is 471 g/mol. The molecule has 0 unspecified atom stereocenters. The number of rotatable bonds is 5. The van der Waals surface area contributed by atoms with Gasteiger partial charge in [-0.1, -0.05) is 12.1 Å². The van der Waals surface area contributed by atoms with Crippen molar-refractivity contribution in [3.63, 3.8) is 0 Å². The van der Waals surface area contributed by atoms with E-state index in [4.69, 9.17) is 0 Å². The summed E-state index contributed by atoms with van der Waals surface area (Å²) in [7, 11) is 1.71. The average molecular weight is 490 g/mol. The second-order valence-electron chi connectivity index (χ2n) is 9.18. The molecule has 6 nitrogen and oxygen atoms in total. The molecule has 0 spiro atoms. The normalized spacial score (nSPS) is 18.3. The smallest absolute Gasteiger partial charge is 0.321 e. The van der Waals surface area contributed by atoms with Gasteiger partial charge >= 0.3 is 6.18 Å². The number of alkyl halides is 5. The maximum absolute atomic E-state index is 14.1. The van der Waals surface area contributed by atoms with Crippen LogP contribution in [0.15, 0.2) is 42.7 Å². The number of aromatic nitrogens is 3.